The van der Waals surface area contributed by atoms with Crippen molar-refractivity contribution >= 4 is 11.9 Å². The van der Waals surface area contributed by atoms with E-state index in [1.165, 1.54) is 12.1 Å². The number of imidazole rings is 1. The summed E-state index contributed by atoms with van der Waals surface area (Å²) in [6.07, 6.45) is 5.64. The van der Waals surface area contributed by atoms with Gasteiger partial charge in [0.05, 0.1) is 31.4 Å². The zero-order valence-electron chi connectivity index (χ0n) is 19.9. The fourth-order valence-corrected chi connectivity index (χ4v) is 4.36. The molecule has 1 saturated heterocycles. The van der Waals surface area contributed by atoms with Crippen molar-refractivity contribution in [3.63, 3.8) is 0 Å². The second kappa shape index (κ2) is 7.90. The summed E-state index contributed by atoms with van der Waals surface area (Å²) in [7, 11) is 1.64. The molecule has 0 saturated carbocycles. The minimum absolute atomic E-state index is 0.294. The number of halogens is 1. The summed E-state index contributed by atoms with van der Waals surface area (Å²) < 4.78 is 27.4. The predicted molar refractivity (Wildman–Crippen MR) is 127 cm³/mol. The molecule has 34 heavy (non-hydrogen) atoms. The Morgan fingerprint density at radius 2 is 1.88 bits per heavy atom. The lowest BCUT2D eigenvalue weighted by molar-refractivity contribution is -0.118. The summed E-state index contributed by atoms with van der Waals surface area (Å²) in [5.74, 6) is 1.60. The number of rotatable bonds is 4. The molecule has 1 fully saturated rings. The van der Waals surface area contributed by atoms with Gasteiger partial charge in [0.15, 0.2) is 5.76 Å². The van der Waals surface area contributed by atoms with Gasteiger partial charge in [0.2, 0.25) is 11.6 Å². The van der Waals surface area contributed by atoms with Gasteiger partial charge in [0.25, 0.3) is 0 Å². The molecule has 7 nitrogen and oxygen atoms in total. The van der Waals surface area contributed by atoms with E-state index in [1.54, 1.807) is 25.6 Å². The summed E-state index contributed by atoms with van der Waals surface area (Å²) in [5, 5.41) is 4.38. The average Bonchev–Trinajstić information content (AvgIpc) is 3.37. The number of aromatic nitrogens is 2. The molecule has 0 amide bonds. The number of amidine groups is 1. The summed E-state index contributed by atoms with van der Waals surface area (Å²) in [4.78, 5) is 12.3. The predicted octanol–water partition coefficient (Wildman–Crippen LogP) is 5.00. The van der Waals surface area contributed by atoms with Crippen LogP contribution < -0.4 is 4.74 Å². The van der Waals surface area contributed by atoms with E-state index in [4.69, 9.17) is 14.3 Å². The minimum atomic E-state index is -0.871. The van der Waals surface area contributed by atoms with Crippen molar-refractivity contribution in [3.05, 3.63) is 83.4 Å². The lowest BCUT2D eigenvalue weighted by Gasteiger charge is -2.44. The molecular weight excluding hydrogens is 435 g/mol. The largest absolute Gasteiger partial charge is 0.495 e. The van der Waals surface area contributed by atoms with Crippen molar-refractivity contribution in [2.75, 3.05) is 13.7 Å². The lowest BCUT2D eigenvalue weighted by atomic mass is 9.97. The normalized spacial score (nSPS) is 22.1. The van der Waals surface area contributed by atoms with Crippen LogP contribution in [0.5, 0.6) is 5.75 Å². The number of fused-ring (bicyclic) bond motifs is 1. The van der Waals surface area contributed by atoms with Gasteiger partial charge < -0.3 is 23.8 Å². The molecule has 3 aromatic rings. The van der Waals surface area contributed by atoms with Gasteiger partial charge in [-0.05, 0) is 56.7 Å². The third kappa shape index (κ3) is 3.79. The standard InChI is InChI=1S/C26H27FN4O3/c1-17-14-30(16-28-17)21-11-6-18(12-22(21)32-5)13-23-24-29-34-26(4,19-7-9-20(27)10-8-19)31(24)15-25(2,3)33-23/h6-14,16H,15H2,1-5H3/b23-13-. The summed E-state index contributed by atoms with van der Waals surface area (Å²) in [6.45, 7) is 8.47. The van der Waals surface area contributed by atoms with E-state index in [9.17, 15) is 4.39 Å². The number of hydrogen-bond acceptors (Lipinski definition) is 6. The molecule has 5 rings (SSSR count). The van der Waals surface area contributed by atoms with Crippen LogP contribution in [0.3, 0.4) is 0 Å². The SMILES string of the molecule is COc1cc(/C=C2\OC(C)(C)CN3C2=NOC3(C)c2ccc(F)cc2)ccc1-n1cnc(C)c1. The number of oxime groups is 1. The van der Waals surface area contributed by atoms with Crippen molar-refractivity contribution in [1.82, 2.24) is 14.5 Å². The van der Waals surface area contributed by atoms with E-state index in [1.807, 2.05) is 62.7 Å². The first-order chi connectivity index (χ1) is 16.2. The molecule has 0 N–H and O–H groups in total. The van der Waals surface area contributed by atoms with Crippen molar-refractivity contribution in [1.29, 1.82) is 0 Å². The minimum Gasteiger partial charge on any atom is -0.495 e. The van der Waals surface area contributed by atoms with Crippen LogP contribution in [-0.4, -0.2) is 39.5 Å². The van der Waals surface area contributed by atoms with Crippen molar-refractivity contribution in [3.8, 4) is 11.4 Å². The molecule has 0 radical (unpaired) electrons. The Kier molecular flexibility index (Phi) is 5.11. The maximum Gasteiger partial charge on any atom is 0.234 e. The second-order valence-electron chi connectivity index (χ2n) is 9.31. The van der Waals surface area contributed by atoms with Gasteiger partial charge in [-0.15, -0.1) is 0 Å². The van der Waals surface area contributed by atoms with Crippen molar-refractivity contribution < 1.29 is 18.7 Å². The number of hydrogen-bond donors (Lipinski definition) is 0. The van der Waals surface area contributed by atoms with Gasteiger partial charge in [-0.25, -0.2) is 9.37 Å². The topological polar surface area (TPSA) is 61.1 Å². The van der Waals surface area contributed by atoms with Gasteiger partial charge in [-0.2, -0.15) is 0 Å². The maximum absolute atomic E-state index is 13.5. The molecule has 0 bridgehead atoms. The van der Waals surface area contributed by atoms with Gasteiger partial charge in [0.1, 0.15) is 17.2 Å². The van der Waals surface area contributed by atoms with Crippen LogP contribution in [0.15, 0.2) is 65.9 Å². The number of aryl methyl sites for hydroxylation is 1. The van der Waals surface area contributed by atoms with E-state index >= 15 is 0 Å². The summed E-state index contributed by atoms with van der Waals surface area (Å²) in [6, 6.07) is 12.2. The molecule has 0 spiro atoms. The second-order valence-corrected chi connectivity index (χ2v) is 9.31. The summed E-state index contributed by atoms with van der Waals surface area (Å²) >= 11 is 0. The number of methoxy groups -OCH3 is 1. The molecular formula is C26H27FN4O3. The van der Waals surface area contributed by atoms with E-state index in [0.29, 0.717) is 23.9 Å². The molecule has 2 aromatic carbocycles. The van der Waals surface area contributed by atoms with E-state index in [0.717, 1.165) is 22.5 Å². The monoisotopic (exact) mass is 462 g/mol. The van der Waals surface area contributed by atoms with Crippen LogP contribution >= 0.6 is 0 Å². The fraction of sp³-hybridized carbons (Fsp3) is 0.308. The molecule has 8 heteroatoms. The molecule has 176 valence electrons. The number of benzene rings is 2. The van der Waals surface area contributed by atoms with Gasteiger partial charge in [-0.1, -0.05) is 23.4 Å². The van der Waals surface area contributed by atoms with Crippen LogP contribution in [-0.2, 0) is 15.3 Å². The molecule has 1 aromatic heterocycles. The van der Waals surface area contributed by atoms with Crippen LogP contribution in [0.25, 0.3) is 11.8 Å². The van der Waals surface area contributed by atoms with Gasteiger partial charge in [-0.3, -0.25) is 0 Å². The van der Waals surface area contributed by atoms with Crippen LogP contribution in [0.1, 0.15) is 37.6 Å². The Bertz CT molecular complexity index is 1300. The number of ether oxygens (including phenoxy) is 2. The Morgan fingerprint density at radius 3 is 2.56 bits per heavy atom. The highest BCUT2D eigenvalue weighted by Gasteiger charge is 2.50. The highest BCUT2D eigenvalue weighted by Crippen LogP contribution is 2.42. The molecule has 1 unspecified atom stereocenters. The zero-order chi connectivity index (χ0) is 24.1. The zero-order valence-corrected chi connectivity index (χ0v) is 19.9. The third-order valence-electron chi connectivity index (χ3n) is 6.10. The third-order valence-corrected chi connectivity index (χ3v) is 6.10. The van der Waals surface area contributed by atoms with Crippen molar-refractivity contribution in [2.45, 2.75) is 39.0 Å². The number of morpholine rings is 1. The smallest absolute Gasteiger partial charge is 0.234 e. The highest BCUT2D eigenvalue weighted by atomic mass is 19.1. The van der Waals surface area contributed by atoms with Gasteiger partial charge >= 0.3 is 0 Å². The first-order valence-corrected chi connectivity index (χ1v) is 11.1. The van der Waals surface area contributed by atoms with Crippen LogP contribution in [0, 0.1) is 12.7 Å². The van der Waals surface area contributed by atoms with Crippen molar-refractivity contribution in [2.24, 2.45) is 5.16 Å². The van der Waals surface area contributed by atoms with E-state index in [2.05, 4.69) is 15.0 Å². The first-order valence-electron chi connectivity index (χ1n) is 11.1. The quantitative estimate of drug-likeness (QED) is 0.546. The molecule has 0 aliphatic carbocycles. The maximum atomic E-state index is 13.5. The van der Waals surface area contributed by atoms with Crippen LogP contribution in [0.2, 0.25) is 0 Å². The Morgan fingerprint density at radius 1 is 1.12 bits per heavy atom. The molecule has 3 heterocycles. The Hall–Kier alpha value is -3.81. The average molecular weight is 463 g/mol. The first kappa shape index (κ1) is 22.0. The molecule has 2 aliphatic heterocycles. The highest BCUT2D eigenvalue weighted by molar-refractivity contribution is 6.01. The molecule has 1 atom stereocenters. The molecule has 2 aliphatic rings. The van der Waals surface area contributed by atoms with E-state index < -0.39 is 11.3 Å². The number of nitrogens with zero attached hydrogens (tertiary/aromatic N) is 4. The summed E-state index contributed by atoms with van der Waals surface area (Å²) in [5.41, 5.74) is 2.15. The lowest BCUT2D eigenvalue weighted by Crippen LogP contribution is -2.55. The van der Waals surface area contributed by atoms with Crippen LogP contribution in [0.4, 0.5) is 4.39 Å². The van der Waals surface area contributed by atoms with Gasteiger partial charge in [0, 0.05) is 18.7 Å². The Labute approximate surface area is 198 Å². The fourth-order valence-electron chi connectivity index (χ4n) is 4.36. The Balaban J connectivity index is 1.51. The van der Waals surface area contributed by atoms with E-state index in [-0.39, 0.29) is 5.82 Å².